The van der Waals surface area contributed by atoms with Gasteiger partial charge in [-0.05, 0) is 41.4 Å². The van der Waals surface area contributed by atoms with Crippen molar-refractivity contribution in [2.45, 2.75) is 81.9 Å². The molecular formula is C35H42N2O8SSi. The largest absolute Gasteiger partial charge is 0.402 e. The molecule has 0 aliphatic carbocycles. The van der Waals surface area contributed by atoms with Crippen molar-refractivity contribution in [3.8, 4) is 0 Å². The van der Waals surface area contributed by atoms with E-state index >= 15 is 0 Å². The first kappa shape index (κ1) is 34.7. The van der Waals surface area contributed by atoms with Gasteiger partial charge >= 0.3 is 5.69 Å². The van der Waals surface area contributed by atoms with Gasteiger partial charge in [0, 0.05) is 24.6 Å². The molecule has 4 atom stereocenters. The van der Waals surface area contributed by atoms with Crippen molar-refractivity contribution in [3.63, 3.8) is 0 Å². The number of nitrogens with zero attached hydrogens (tertiary/aromatic N) is 1. The Morgan fingerprint density at radius 1 is 0.957 bits per heavy atom. The molecule has 0 saturated carbocycles. The zero-order valence-corrected chi connectivity index (χ0v) is 29.1. The van der Waals surface area contributed by atoms with Crippen LogP contribution >= 0.6 is 0 Å². The molecule has 47 heavy (non-hydrogen) atoms. The summed E-state index contributed by atoms with van der Waals surface area (Å²) in [5.74, 6) is 0. The lowest BCUT2D eigenvalue weighted by Crippen LogP contribution is -2.68. The van der Waals surface area contributed by atoms with Gasteiger partial charge in [-0.1, -0.05) is 99.1 Å². The highest BCUT2D eigenvalue weighted by Crippen LogP contribution is 2.42. The summed E-state index contributed by atoms with van der Waals surface area (Å²) in [5, 5.41) is 13.3. The van der Waals surface area contributed by atoms with Gasteiger partial charge in [0.2, 0.25) is 0 Å². The lowest BCUT2D eigenvalue weighted by Gasteiger charge is -2.45. The molecular weight excluding hydrogens is 637 g/mol. The molecule has 1 aromatic heterocycles. The average Bonchev–Trinajstić information content (AvgIpc) is 3.45. The summed E-state index contributed by atoms with van der Waals surface area (Å²) in [6.45, 7) is 9.56. The van der Waals surface area contributed by atoms with Gasteiger partial charge in [0.25, 0.3) is 24.0 Å². The minimum Gasteiger partial charge on any atom is -0.402 e. The van der Waals surface area contributed by atoms with Crippen LogP contribution in [0.4, 0.5) is 0 Å². The lowest BCUT2D eigenvalue weighted by atomic mass is 10.1. The molecule has 0 amide bonds. The predicted molar refractivity (Wildman–Crippen MR) is 182 cm³/mol. The Morgan fingerprint density at radius 3 is 2.09 bits per heavy atom. The molecule has 1 aliphatic rings. The molecule has 0 spiro atoms. The molecule has 1 aliphatic heterocycles. The summed E-state index contributed by atoms with van der Waals surface area (Å²) >= 11 is 0. The van der Waals surface area contributed by atoms with Crippen molar-refractivity contribution in [2.75, 3.05) is 6.61 Å². The Kier molecular flexibility index (Phi) is 10.2. The van der Waals surface area contributed by atoms with Crippen molar-refractivity contribution in [1.29, 1.82) is 0 Å². The molecule has 1 saturated heterocycles. The zero-order valence-electron chi connectivity index (χ0n) is 27.3. The van der Waals surface area contributed by atoms with Gasteiger partial charge in [-0.3, -0.25) is 18.5 Å². The number of benzene rings is 3. The van der Waals surface area contributed by atoms with Crippen molar-refractivity contribution in [2.24, 2.45) is 0 Å². The highest BCUT2D eigenvalue weighted by molar-refractivity contribution is 7.86. The molecule has 2 heterocycles. The summed E-state index contributed by atoms with van der Waals surface area (Å²) in [5.41, 5.74) is 0.109. The minimum atomic E-state index is -4.05. The highest BCUT2D eigenvalue weighted by Gasteiger charge is 2.54. The maximum Gasteiger partial charge on any atom is 0.330 e. The van der Waals surface area contributed by atoms with Gasteiger partial charge < -0.3 is 14.3 Å². The van der Waals surface area contributed by atoms with E-state index in [9.17, 15) is 23.1 Å². The van der Waals surface area contributed by atoms with Crippen LogP contribution in [0.25, 0.3) is 0 Å². The highest BCUT2D eigenvalue weighted by atomic mass is 32.2. The van der Waals surface area contributed by atoms with E-state index in [0.29, 0.717) is 5.56 Å². The van der Waals surface area contributed by atoms with Crippen LogP contribution < -0.4 is 21.6 Å². The Bertz CT molecular complexity index is 1850. The quantitative estimate of drug-likeness (QED) is 0.182. The van der Waals surface area contributed by atoms with Gasteiger partial charge in [0.1, 0.15) is 12.3 Å². The molecule has 2 N–H and O–H groups in total. The lowest BCUT2D eigenvalue weighted by molar-refractivity contribution is -0.0850. The Hall–Kier alpha value is -3.65. The van der Waals surface area contributed by atoms with Crippen molar-refractivity contribution in [3.05, 3.63) is 123 Å². The van der Waals surface area contributed by atoms with Gasteiger partial charge in [-0.15, -0.1) is 0 Å². The summed E-state index contributed by atoms with van der Waals surface area (Å²) in [7, 11) is -7.19. The standard InChI is InChI=1S/C35H42N2O8SSi/c1-24-16-18-26(19-17-24)46(41,42)43-21-20-29(38)32-30(22-31(44-32)37-23-25(2)33(39)36-34(37)40)45-47(35(3,4)5,27-12-8-6-9-13-27)28-14-10-7-11-15-28/h6-19,23,29-32,38H,20-22H2,1-5H3,(H,36,39,40)/t29-,30+,31-,32-/m1/s1. The first-order chi connectivity index (χ1) is 22.2. The van der Waals surface area contributed by atoms with Crippen molar-refractivity contribution in [1.82, 2.24) is 9.55 Å². The smallest absolute Gasteiger partial charge is 0.330 e. The summed E-state index contributed by atoms with van der Waals surface area (Å²) < 4.78 is 46.0. The molecule has 10 nitrogen and oxygen atoms in total. The number of nitrogens with one attached hydrogen (secondary N) is 1. The van der Waals surface area contributed by atoms with E-state index in [4.69, 9.17) is 13.3 Å². The van der Waals surface area contributed by atoms with Crippen LogP contribution in [0.1, 0.15) is 51.0 Å². The Morgan fingerprint density at radius 2 is 1.53 bits per heavy atom. The summed E-state index contributed by atoms with van der Waals surface area (Å²) in [4.78, 5) is 27.4. The second-order valence-electron chi connectivity index (χ2n) is 13.0. The van der Waals surface area contributed by atoms with E-state index in [-0.39, 0.29) is 29.4 Å². The van der Waals surface area contributed by atoms with E-state index in [2.05, 4.69) is 50.0 Å². The fourth-order valence-corrected chi connectivity index (χ4v) is 11.8. The fourth-order valence-electron chi connectivity index (χ4n) is 6.22. The second-order valence-corrected chi connectivity index (χ2v) is 18.9. The number of hydrogen-bond donors (Lipinski definition) is 2. The molecule has 0 unspecified atom stereocenters. The predicted octanol–water partition coefficient (Wildman–Crippen LogP) is 3.54. The molecule has 0 radical (unpaired) electrons. The van der Waals surface area contributed by atoms with Crippen LogP contribution in [0.15, 0.2) is 106 Å². The third-order valence-corrected chi connectivity index (χ3v) is 15.0. The Balaban J connectivity index is 1.50. The maximum atomic E-state index is 12.9. The molecule has 1 fully saturated rings. The minimum absolute atomic E-state index is 0.0236. The van der Waals surface area contributed by atoms with Crippen LogP contribution in [0.3, 0.4) is 0 Å². The molecule has 5 rings (SSSR count). The first-order valence-electron chi connectivity index (χ1n) is 15.6. The van der Waals surface area contributed by atoms with E-state index in [1.54, 1.807) is 19.1 Å². The number of aliphatic hydroxyl groups excluding tert-OH is 1. The number of aromatic amines is 1. The van der Waals surface area contributed by atoms with E-state index in [1.807, 2.05) is 43.3 Å². The number of rotatable bonds is 11. The van der Waals surface area contributed by atoms with Gasteiger partial charge in [0.15, 0.2) is 0 Å². The molecule has 0 bridgehead atoms. The molecule has 3 aromatic carbocycles. The van der Waals surface area contributed by atoms with Crippen LogP contribution in [0.2, 0.25) is 5.04 Å². The van der Waals surface area contributed by atoms with Crippen LogP contribution in [0.5, 0.6) is 0 Å². The zero-order chi connectivity index (χ0) is 34.0. The van der Waals surface area contributed by atoms with Crippen LogP contribution in [-0.2, 0) is 23.5 Å². The van der Waals surface area contributed by atoms with Crippen molar-refractivity contribution >= 4 is 28.8 Å². The summed E-state index contributed by atoms with van der Waals surface area (Å²) in [6, 6.07) is 26.4. The van der Waals surface area contributed by atoms with Crippen molar-refractivity contribution < 1.29 is 26.9 Å². The summed E-state index contributed by atoms with van der Waals surface area (Å²) in [6.07, 6.45) is -2.18. The fraction of sp³-hybridized carbons (Fsp3) is 0.371. The van der Waals surface area contributed by atoms with E-state index in [1.165, 1.54) is 22.9 Å². The number of hydrogen-bond acceptors (Lipinski definition) is 8. The normalized spacial score (nSPS) is 19.5. The first-order valence-corrected chi connectivity index (χ1v) is 18.9. The van der Waals surface area contributed by atoms with Gasteiger partial charge in [0.05, 0.1) is 23.7 Å². The second kappa shape index (κ2) is 13.8. The number of aryl methyl sites for hydroxylation is 2. The molecule has 4 aromatic rings. The number of aliphatic hydroxyl groups is 1. The monoisotopic (exact) mass is 678 g/mol. The molecule has 250 valence electrons. The number of ether oxygens (including phenoxy) is 1. The topological polar surface area (TPSA) is 137 Å². The molecule has 12 heteroatoms. The third-order valence-electron chi connectivity index (χ3n) is 8.66. The van der Waals surface area contributed by atoms with Crippen LogP contribution in [-0.4, -0.2) is 56.3 Å². The van der Waals surface area contributed by atoms with Gasteiger partial charge in [-0.25, -0.2) is 4.79 Å². The maximum absolute atomic E-state index is 12.9. The Labute approximate surface area is 276 Å². The number of aromatic nitrogens is 2. The average molecular weight is 679 g/mol. The SMILES string of the molecule is Cc1ccc(S(=O)(=O)OCC[C@@H](O)[C@H]2O[C@@H](n3cc(C)c(=O)[nH]c3=O)C[C@@H]2O[Si](c2ccccc2)(c2ccccc2)C(C)(C)C)cc1. The third kappa shape index (κ3) is 7.27. The van der Waals surface area contributed by atoms with E-state index < -0.39 is 54.2 Å². The van der Waals surface area contributed by atoms with Crippen LogP contribution in [0, 0.1) is 13.8 Å². The number of H-pyrrole nitrogens is 1. The van der Waals surface area contributed by atoms with E-state index in [0.717, 1.165) is 15.9 Å². The van der Waals surface area contributed by atoms with Gasteiger partial charge in [-0.2, -0.15) is 8.42 Å².